The maximum Gasteiger partial charge on any atom is 0.416 e. The third kappa shape index (κ3) is 3.07. The second-order valence-corrected chi connectivity index (χ2v) is 8.16. The molecule has 0 unspecified atom stereocenters. The lowest BCUT2D eigenvalue weighted by molar-refractivity contribution is -0.138. The first-order chi connectivity index (χ1) is 15.1. The summed E-state index contributed by atoms with van der Waals surface area (Å²) in [7, 11) is 0. The summed E-state index contributed by atoms with van der Waals surface area (Å²) in [5, 5.41) is 4.44. The average Bonchev–Trinajstić information content (AvgIpc) is 3.34. The van der Waals surface area contributed by atoms with Gasteiger partial charge in [-0.1, -0.05) is 0 Å². The number of amides is 1. The van der Waals surface area contributed by atoms with E-state index in [0.717, 1.165) is 23.0 Å². The Bertz CT molecular complexity index is 1370. The van der Waals surface area contributed by atoms with E-state index in [4.69, 9.17) is 0 Å². The Kier molecular flexibility index (Phi) is 4.40. The molecule has 1 amide bonds. The number of benzene rings is 1. The van der Waals surface area contributed by atoms with E-state index < -0.39 is 11.7 Å². The number of nitrogens with zero attached hydrogens (tertiary/aromatic N) is 5. The van der Waals surface area contributed by atoms with Crippen molar-refractivity contribution in [2.45, 2.75) is 33.0 Å². The molecule has 1 atom stereocenters. The first-order valence-electron chi connectivity index (χ1n) is 10.2. The highest BCUT2D eigenvalue weighted by Gasteiger charge is 2.36. The second kappa shape index (κ2) is 6.94. The van der Waals surface area contributed by atoms with E-state index in [-0.39, 0.29) is 17.5 Å². The van der Waals surface area contributed by atoms with Gasteiger partial charge in [-0.15, -0.1) is 0 Å². The number of carbonyl (C=O) groups excluding carboxylic acids is 1. The third-order valence-corrected chi connectivity index (χ3v) is 5.94. The van der Waals surface area contributed by atoms with Crippen molar-refractivity contribution in [3.63, 3.8) is 0 Å². The van der Waals surface area contributed by atoms with Crippen LogP contribution in [-0.4, -0.2) is 31.6 Å². The number of fused-ring (bicyclic) bond motifs is 2. The lowest BCUT2D eigenvalue weighted by atomic mass is 10.0. The number of hydrogen-bond donors (Lipinski definition) is 0. The van der Waals surface area contributed by atoms with E-state index >= 15 is 0 Å². The minimum Gasteiger partial charge on any atom is -0.305 e. The lowest BCUT2D eigenvalue weighted by Crippen LogP contribution is -2.42. The molecule has 32 heavy (non-hydrogen) atoms. The largest absolute Gasteiger partial charge is 0.416 e. The van der Waals surface area contributed by atoms with E-state index in [9.17, 15) is 18.0 Å². The molecule has 0 saturated carbocycles. The van der Waals surface area contributed by atoms with Gasteiger partial charge in [0.05, 0.1) is 17.8 Å². The normalized spacial score (nSPS) is 16.6. The van der Waals surface area contributed by atoms with Crippen LogP contribution in [0.25, 0.3) is 16.8 Å². The maximum absolute atomic E-state index is 13.5. The Morgan fingerprint density at radius 2 is 1.88 bits per heavy atom. The SMILES string of the molecule is Cc1cc(N2C[C@H](C)n3ncc(-c4ccc5ncc(C)n5c4)c3C2=O)ccc1C(F)(F)F. The van der Waals surface area contributed by atoms with Crippen molar-refractivity contribution in [2.24, 2.45) is 0 Å². The zero-order valence-electron chi connectivity index (χ0n) is 17.7. The van der Waals surface area contributed by atoms with Crippen LogP contribution in [0.4, 0.5) is 18.9 Å². The highest BCUT2D eigenvalue weighted by atomic mass is 19.4. The molecule has 6 nitrogen and oxygen atoms in total. The number of carbonyl (C=O) groups is 1. The summed E-state index contributed by atoms with van der Waals surface area (Å²) in [6.07, 6.45) is 0.916. The van der Waals surface area contributed by atoms with Crippen LogP contribution >= 0.6 is 0 Å². The van der Waals surface area contributed by atoms with E-state index in [0.29, 0.717) is 23.5 Å². The van der Waals surface area contributed by atoms with Crippen LogP contribution in [-0.2, 0) is 6.18 Å². The molecular weight excluding hydrogens is 419 g/mol. The monoisotopic (exact) mass is 439 g/mol. The topological polar surface area (TPSA) is 55.4 Å². The molecule has 1 aromatic carbocycles. The Morgan fingerprint density at radius 3 is 2.59 bits per heavy atom. The lowest BCUT2D eigenvalue weighted by Gasteiger charge is -2.33. The van der Waals surface area contributed by atoms with Crippen LogP contribution in [0.15, 0.2) is 48.9 Å². The molecule has 0 aliphatic carbocycles. The van der Waals surface area contributed by atoms with Crippen LogP contribution in [0.5, 0.6) is 0 Å². The van der Waals surface area contributed by atoms with Gasteiger partial charge in [-0.3, -0.25) is 9.48 Å². The average molecular weight is 439 g/mol. The smallest absolute Gasteiger partial charge is 0.305 e. The fourth-order valence-electron chi connectivity index (χ4n) is 4.29. The fourth-order valence-corrected chi connectivity index (χ4v) is 4.29. The molecule has 164 valence electrons. The van der Waals surface area contributed by atoms with Gasteiger partial charge >= 0.3 is 6.18 Å². The number of aryl methyl sites for hydroxylation is 2. The molecule has 0 saturated heterocycles. The molecule has 1 aliphatic heterocycles. The minimum absolute atomic E-state index is 0.0794. The van der Waals surface area contributed by atoms with Crippen LogP contribution in [0.1, 0.15) is 40.3 Å². The van der Waals surface area contributed by atoms with E-state index in [1.54, 1.807) is 17.1 Å². The molecule has 0 fully saturated rings. The van der Waals surface area contributed by atoms with Crippen LogP contribution in [0, 0.1) is 13.8 Å². The zero-order chi connectivity index (χ0) is 22.8. The highest BCUT2D eigenvalue weighted by Crippen LogP contribution is 2.36. The van der Waals surface area contributed by atoms with Gasteiger partial charge in [-0.05, 0) is 56.7 Å². The van der Waals surface area contributed by atoms with Crippen molar-refractivity contribution < 1.29 is 18.0 Å². The van der Waals surface area contributed by atoms with Crippen LogP contribution in [0.3, 0.4) is 0 Å². The molecular formula is C23H20F3N5O. The van der Waals surface area contributed by atoms with Crippen molar-refractivity contribution >= 4 is 17.2 Å². The van der Waals surface area contributed by atoms with Gasteiger partial charge in [0, 0.05) is 41.4 Å². The zero-order valence-corrected chi connectivity index (χ0v) is 17.7. The number of hydrogen-bond acceptors (Lipinski definition) is 3. The summed E-state index contributed by atoms with van der Waals surface area (Å²) in [5.74, 6) is -0.294. The van der Waals surface area contributed by atoms with Gasteiger partial charge in [-0.25, -0.2) is 4.98 Å². The molecule has 5 rings (SSSR count). The molecule has 3 aromatic heterocycles. The maximum atomic E-state index is 13.5. The minimum atomic E-state index is -4.43. The number of halogens is 3. The van der Waals surface area contributed by atoms with E-state index in [1.165, 1.54) is 24.0 Å². The Labute approximate surface area is 181 Å². The highest BCUT2D eigenvalue weighted by molar-refractivity contribution is 6.09. The van der Waals surface area contributed by atoms with Crippen molar-refractivity contribution in [2.75, 3.05) is 11.4 Å². The van der Waals surface area contributed by atoms with Crippen LogP contribution < -0.4 is 4.90 Å². The molecule has 0 spiro atoms. The third-order valence-electron chi connectivity index (χ3n) is 5.94. The Morgan fingerprint density at radius 1 is 1.09 bits per heavy atom. The molecule has 0 N–H and O–H groups in total. The van der Waals surface area contributed by atoms with Gasteiger partial charge in [0.2, 0.25) is 0 Å². The molecule has 4 aromatic rings. The summed E-state index contributed by atoms with van der Waals surface area (Å²) >= 11 is 0. The standard InChI is InChI=1S/C23H20F3N5O/c1-13-8-17(5-6-19(13)23(24,25)26)30-11-15(3)31-21(22(30)32)18(10-28-31)16-4-7-20-27-9-14(2)29(20)12-16/h4-10,12,15H,11H2,1-3H3/t15-/m0/s1. The molecule has 0 radical (unpaired) electrons. The number of aromatic nitrogens is 4. The molecule has 0 bridgehead atoms. The summed E-state index contributed by atoms with van der Waals surface area (Å²) in [6.45, 7) is 5.60. The number of pyridine rings is 1. The summed E-state index contributed by atoms with van der Waals surface area (Å²) in [4.78, 5) is 19.4. The molecule has 4 heterocycles. The molecule has 9 heteroatoms. The number of alkyl halides is 3. The van der Waals surface area contributed by atoms with Gasteiger partial charge < -0.3 is 9.30 Å². The van der Waals surface area contributed by atoms with Gasteiger partial charge in [-0.2, -0.15) is 18.3 Å². The summed E-state index contributed by atoms with van der Waals surface area (Å²) in [6, 6.07) is 7.43. The summed E-state index contributed by atoms with van der Waals surface area (Å²) in [5.41, 5.74) is 3.48. The molecule has 1 aliphatic rings. The van der Waals surface area contributed by atoms with Crippen molar-refractivity contribution in [3.8, 4) is 11.1 Å². The van der Waals surface area contributed by atoms with E-state index in [1.807, 2.05) is 36.6 Å². The van der Waals surface area contributed by atoms with Crippen molar-refractivity contribution in [1.82, 2.24) is 19.2 Å². The summed E-state index contributed by atoms with van der Waals surface area (Å²) < 4.78 is 43.2. The quantitative estimate of drug-likeness (QED) is 0.439. The van der Waals surface area contributed by atoms with Gasteiger partial charge in [0.25, 0.3) is 5.91 Å². The predicted molar refractivity (Wildman–Crippen MR) is 114 cm³/mol. The van der Waals surface area contributed by atoms with Crippen molar-refractivity contribution in [3.05, 3.63) is 71.4 Å². The number of anilines is 1. The van der Waals surface area contributed by atoms with Crippen molar-refractivity contribution in [1.29, 1.82) is 0 Å². The van der Waals surface area contributed by atoms with Crippen LogP contribution in [0.2, 0.25) is 0 Å². The van der Waals surface area contributed by atoms with E-state index in [2.05, 4.69) is 10.1 Å². The Balaban J connectivity index is 1.58. The number of imidazole rings is 1. The predicted octanol–water partition coefficient (Wildman–Crippen LogP) is 5.05. The second-order valence-electron chi connectivity index (χ2n) is 8.16. The Hall–Kier alpha value is -3.62. The first-order valence-corrected chi connectivity index (χ1v) is 10.2. The number of rotatable bonds is 2. The van der Waals surface area contributed by atoms with Gasteiger partial charge in [0.15, 0.2) is 0 Å². The first kappa shape index (κ1) is 20.3. The van der Waals surface area contributed by atoms with Gasteiger partial charge in [0.1, 0.15) is 11.3 Å². The fraction of sp³-hybridized carbons (Fsp3) is 0.261.